The van der Waals surface area contributed by atoms with Gasteiger partial charge in [-0.3, -0.25) is 9.59 Å². The average molecular weight is 396 g/mol. The molecule has 4 nitrogen and oxygen atoms in total. The third-order valence-corrected chi connectivity index (χ3v) is 5.44. The minimum Gasteiger partial charge on any atom is -0.396 e. The SMILES string of the molecule is N/C(=C(/C=C/C(=O)c1ccccc1)C(=O)c1ccccc1)c1cc2c([nH]1)CCCC2. The highest BCUT2D eigenvalue weighted by atomic mass is 16.1. The lowest BCUT2D eigenvalue weighted by Crippen LogP contribution is -2.10. The van der Waals surface area contributed by atoms with Crippen molar-refractivity contribution in [2.24, 2.45) is 5.73 Å². The molecule has 0 spiro atoms. The number of aryl methyl sites for hydroxylation is 2. The molecule has 3 N–H and O–H groups in total. The molecule has 1 aliphatic rings. The first kappa shape index (κ1) is 19.6. The molecule has 0 aliphatic heterocycles. The maximum absolute atomic E-state index is 13.2. The van der Waals surface area contributed by atoms with Crippen LogP contribution in [0.2, 0.25) is 0 Å². The highest BCUT2D eigenvalue weighted by molar-refractivity contribution is 6.16. The van der Waals surface area contributed by atoms with Gasteiger partial charge in [0.2, 0.25) is 0 Å². The van der Waals surface area contributed by atoms with Crippen LogP contribution in [0.25, 0.3) is 5.70 Å². The van der Waals surface area contributed by atoms with Gasteiger partial charge in [-0.15, -0.1) is 0 Å². The van der Waals surface area contributed by atoms with Crippen molar-refractivity contribution in [2.45, 2.75) is 25.7 Å². The van der Waals surface area contributed by atoms with Crippen LogP contribution in [0.4, 0.5) is 0 Å². The first-order valence-corrected chi connectivity index (χ1v) is 10.2. The molecule has 4 rings (SSSR count). The van der Waals surface area contributed by atoms with E-state index in [1.54, 1.807) is 30.3 Å². The van der Waals surface area contributed by atoms with Crippen LogP contribution in [-0.2, 0) is 12.8 Å². The van der Waals surface area contributed by atoms with E-state index >= 15 is 0 Å². The highest BCUT2D eigenvalue weighted by Gasteiger charge is 2.19. The predicted octanol–water partition coefficient (Wildman–Crippen LogP) is 4.89. The minimum absolute atomic E-state index is 0.174. The zero-order valence-corrected chi connectivity index (χ0v) is 16.7. The molecule has 0 radical (unpaired) electrons. The Kier molecular flexibility index (Phi) is 5.75. The van der Waals surface area contributed by atoms with E-state index in [4.69, 9.17) is 5.73 Å². The second-order valence-electron chi connectivity index (χ2n) is 7.48. The average Bonchev–Trinajstić information content (AvgIpc) is 3.24. The molecule has 1 aliphatic carbocycles. The van der Waals surface area contributed by atoms with Crippen molar-refractivity contribution in [3.8, 4) is 0 Å². The number of ketones is 2. The Morgan fingerprint density at radius 2 is 1.47 bits per heavy atom. The Labute approximate surface area is 176 Å². The third kappa shape index (κ3) is 4.18. The van der Waals surface area contributed by atoms with Gasteiger partial charge in [0, 0.05) is 22.4 Å². The lowest BCUT2D eigenvalue weighted by Gasteiger charge is -2.09. The molecule has 0 bridgehead atoms. The number of nitrogens with two attached hydrogens (primary N) is 1. The van der Waals surface area contributed by atoms with Crippen LogP contribution < -0.4 is 5.73 Å². The van der Waals surface area contributed by atoms with E-state index < -0.39 is 0 Å². The predicted molar refractivity (Wildman–Crippen MR) is 119 cm³/mol. The second kappa shape index (κ2) is 8.78. The number of allylic oxidation sites excluding steroid dienone is 3. The van der Waals surface area contributed by atoms with Crippen LogP contribution in [0.5, 0.6) is 0 Å². The Hall–Kier alpha value is -3.66. The summed E-state index contributed by atoms with van der Waals surface area (Å²) in [4.78, 5) is 29.2. The number of aromatic nitrogens is 1. The Balaban J connectivity index is 1.74. The molecule has 2 aromatic carbocycles. The van der Waals surface area contributed by atoms with Crippen LogP contribution in [0, 0.1) is 0 Å². The monoisotopic (exact) mass is 396 g/mol. The molecule has 4 heteroatoms. The van der Waals surface area contributed by atoms with Crippen LogP contribution in [0.1, 0.15) is 50.5 Å². The molecule has 0 atom stereocenters. The Morgan fingerprint density at radius 3 is 2.13 bits per heavy atom. The van der Waals surface area contributed by atoms with Gasteiger partial charge in [0.1, 0.15) is 0 Å². The summed E-state index contributed by atoms with van der Waals surface area (Å²) in [7, 11) is 0. The van der Waals surface area contributed by atoms with Gasteiger partial charge in [-0.2, -0.15) is 0 Å². The maximum Gasteiger partial charge on any atom is 0.195 e. The number of carbonyl (C=O) groups is 2. The van der Waals surface area contributed by atoms with Crippen molar-refractivity contribution >= 4 is 17.3 Å². The van der Waals surface area contributed by atoms with E-state index in [1.165, 1.54) is 17.3 Å². The normalized spacial score (nSPS) is 14.3. The van der Waals surface area contributed by atoms with E-state index in [0.29, 0.717) is 22.4 Å². The number of fused-ring (bicyclic) bond motifs is 1. The summed E-state index contributed by atoms with van der Waals surface area (Å²) in [6.45, 7) is 0. The van der Waals surface area contributed by atoms with Crippen molar-refractivity contribution in [3.05, 3.63) is 113 Å². The minimum atomic E-state index is -0.210. The van der Waals surface area contributed by atoms with E-state index in [-0.39, 0.29) is 11.6 Å². The van der Waals surface area contributed by atoms with E-state index in [9.17, 15) is 9.59 Å². The van der Waals surface area contributed by atoms with E-state index in [1.807, 2.05) is 42.5 Å². The standard InChI is InChI=1S/C26H24N2O2/c27-25(23-17-20-13-7-8-14-22(20)28-23)21(26(30)19-11-5-2-6-12-19)15-16-24(29)18-9-3-1-4-10-18/h1-6,9-12,15-17,28H,7-8,13-14,27H2/b16-15+,25-21-. The molecule has 0 unspecified atom stereocenters. The number of rotatable bonds is 6. The fourth-order valence-electron chi connectivity index (χ4n) is 3.78. The van der Waals surface area contributed by atoms with E-state index in [0.717, 1.165) is 31.4 Å². The zero-order chi connectivity index (χ0) is 20.9. The van der Waals surface area contributed by atoms with E-state index in [2.05, 4.69) is 4.98 Å². The van der Waals surface area contributed by atoms with Crippen molar-refractivity contribution in [2.75, 3.05) is 0 Å². The molecule has 0 fully saturated rings. The molecule has 1 aromatic heterocycles. The van der Waals surface area contributed by atoms with Crippen molar-refractivity contribution in [1.82, 2.24) is 4.98 Å². The van der Waals surface area contributed by atoms with Crippen LogP contribution >= 0.6 is 0 Å². The van der Waals surface area contributed by atoms with Gasteiger partial charge < -0.3 is 10.7 Å². The molecule has 3 aromatic rings. The first-order valence-electron chi connectivity index (χ1n) is 10.2. The van der Waals surface area contributed by atoms with Gasteiger partial charge in [0.25, 0.3) is 0 Å². The number of nitrogens with one attached hydrogen (secondary N) is 1. The molecule has 0 saturated carbocycles. The molecule has 150 valence electrons. The largest absolute Gasteiger partial charge is 0.396 e. The summed E-state index contributed by atoms with van der Waals surface area (Å²) in [6.07, 6.45) is 7.28. The van der Waals surface area contributed by atoms with Gasteiger partial charge >= 0.3 is 0 Å². The highest BCUT2D eigenvalue weighted by Crippen LogP contribution is 2.26. The summed E-state index contributed by atoms with van der Waals surface area (Å²) in [5.41, 5.74) is 11.4. The number of aromatic amines is 1. The Morgan fingerprint density at radius 1 is 0.833 bits per heavy atom. The van der Waals surface area contributed by atoms with Gasteiger partial charge in [-0.05, 0) is 49.5 Å². The van der Waals surface area contributed by atoms with Gasteiger partial charge in [-0.1, -0.05) is 60.7 Å². The van der Waals surface area contributed by atoms with Crippen LogP contribution in [-0.4, -0.2) is 16.6 Å². The van der Waals surface area contributed by atoms with Gasteiger partial charge in [-0.25, -0.2) is 0 Å². The second-order valence-corrected chi connectivity index (χ2v) is 7.48. The van der Waals surface area contributed by atoms with Gasteiger partial charge in [0.15, 0.2) is 11.6 Å². The topological polar surface area (TPSA) is 76.0 Å². The summed E-state index contributed by atoms with van der Waals surface area (Å²) >= 11 is 0. The fourth-order valence-corrected chi connectivity index (χ4v) is 3.78. The molecule has 0 saturated heterocycles. The summed E-state index contributed by atoms with van der Waals surface area (Å²) in [5.74, 6) is -0.384. The summed E-state index contributed by atoms with van der Waals surface area (Å²) in [6, 6.07) is 20.0. The molecule has 0 amide bonds. The molecule has 30 heavy (non-hydrogen) atoms. The Bertz CT molecular complexity index is 1100. The third-order valence-electron chi connectivity index (χ3n) is 5.44. The number of hydrogen-bond donors (Lipinski definition) is 2. The van der Waals surface area contributed by atoms with Crippen molar-refractivity contribution in [3.63, 3.8) is 0 Å². The number of benzene rings is 2. The maximum atomic E-state index is 13.2. The van der Waals surface area contributed by atoms with Gasteiger partial charge in [0.05, 0.1) is 11.4 Å². The molecular formula is C26H24N2O2. The fraction of sp³-hybridized carbons (Fsp3) is 0.154. The quantitative estimate of drug-likeness (QED) is 0.354. The van der Waals surface area contributed by atoms with Crippen LogP contribution in [0.3, 0.4) is 0 Å². The summed E-state index contributed by atoms with van der Waals surface area (Å²) < 4.78 is 0. The zero-order valence-electron chi connectivity index (χ0n) is 16.7. The summed E-state index contributed by atoms with van der Waals surface area (Å²) in [5, 5.41) is 0. The number of H-pyrrole nitrogens is 1. The van der Waals surface area contributed by atoms with Crippen LogP contribution in [0.15, 0.2) is 84.5 Å². The smallest absolute Gasteiger partial charge is 0.195 e. The number of carbonyl (C=O) groups excluding carboxylic acids is 2. The molecule has 1 heterocycles. The lowest BCUT2D eigenvalue weighted by atomic mass is 9.97. The first-order chi connectivity index (χ1) is 14.6. The number of hydrogen-bond acceptors (Lipinski definition) is 3. The van der Waals surface area contributed by atoms with Crippen molar-refractivity contribution < 1.29 is 9.59 Å². The number of Topliss-reactive ketones (excluding diaryl/α,β-unsaturated/α-hetero) is 1. The lowest BCUT2D eigenvalue weighted by molar-refractivity contribution is 0.103. The molecular weight excluding hydrogens is 372 g/mol. The van der Waals surface area contributed by atoms with Crippen molar-refractivity contribution in [1.29, 1.82) is 0 Å².